The van der Waals surface area contributed by atoms with E-state index in [2.05, 4.69) is 0 Å². The Balaban J connectivity index is 1.49. The molecule has 0 radical (unpaired) electrons. The summed E-state index contributed by atoms with van der Waals surface area (Å²) in [7, 11) is 1.57. The first-order chi connectivity index (χ1) is 13.5. The van der Waals surface area contributed by atoms with Gasteiger partial charge in [0.05, 0.1) is 7.11 Å². The van der Waals surface area contributed by atoms with Crippen molar-refractivity contribution in [3.05, 3.63) is 59.7 Å². The van der Waals surface area contributed by atoms with Gasteiger partial charge in [0.25, 0.3) is 11.8 Å². The van der Waals surface area contributed by atoms with Crippen molar-refractivity contribution in [1.29, 1.82) is 0 Å². The average molecular weight is 390 g/mol. The van der Waals surface area contributed by atoms with Gasteiger partial charge in [-0.05, 0) is 42.5 Å². The van der Waals surface area contributed by atoms with Gasteiger partial charge < -0.3 is 19.3 Å². The van der Waals surface area contributed by atoms with Crippen LogP contribution < -0.4 is 9.47 Å². The zero-order valence-electron chi connectivity index (χ0n) is 15.4. The van der Waals surface area contributed by atoms with Crippen molar-refractivity contribution in [2.24, 2.45) is 0 Å². The fraction of sp³-hybridized carbons (Fsp3) is 0.300. The van der Waals surface area contributed by atoms with E-state index in [1.165, 1.54) is 11.0 Å². The number of hydrogen-bond donors (Lipinski definition) is 0. The highest BCUT2D eigenvalue weighted by Crippen LogP contribution is 2.17. The van der Waals surface area contributed by atoms with Crippen LogP contribution in [0.5, 0.6) is 11.5 Å². The maximum absolute atomic E-state index is 13.3. The quantitative estimate of drug-likeness (QED) is 0.786. The molecule has 148 valence electrons. The van der Waals surface area contributed by atoms with E-state index in [9.17, 15) is 18.4 Å². The van der Waals surface area contributed by atoms with Crippen molar-refractivity contribution in [2.75, 3.05) is 39.9 Å². The zero-order chi connectivity index (χ0) is 20.1. The van der Waals surface area contributed by atoms with E-state index in [1.807, 2.05) is 0 Å². The fourth-order valence-electron chi connectivity index (χ4n) is 2.88. The van der Waals surface area contributed by atoms with Crippen LogP contribution in [0.25, 0.3) is 0 Å². The van der Waals surface area contributed by atoms with Crippen LogP contribution in [0.4, 0.5) is 8.78 Å². The molecule has 2 amide bonds. The zero-order valence-corrected chi connectivity index (χ0v) is 15.4. The lowest BCUT2D eigenvalue weighted by Gasteiger charge is -2.34. The number of methoxy groups -OCH3 is 1. The van der Waals surface area contributed by atoms with Gasteiger partial charge in [-0.3, -0.25) is 9.59 Å². The number of halogens is 2. The highest BCUT2D eigenvalue weighted by Gasteiger charge is 2.25. The summed E-state index contributed by atoms with van der Waals surface area (Å²) >= 11 is 0. The number of ether oxygens (including phenoxy) is 2. The molecule has 2 aromatic carbocycles. The summed E-state index contributed by atoms with van der Waals surface area (Å²) in [4.78, 5) is 27.8. The number of amides is 2. The molecule has 1 aliphatic heterocycles. The minimum atomic E-state index is -1.06. The van der Waals surface area contributed by atoms with Crippen molar-refractivity contribution >= 4 is 11.8 Å². The minimum Gasteiger partial charge on any atom is -0.497 e. The summed E-state index contributed by atoms with van der Waals surface area (Å²) < 4.78 is 36.9. The van der Waals surface area contributed by atoms with Crippen LogP contribution in [0.2, 0.25) is 0 Å². The Morgan fingerprint density at radius 2 is 1.50 bits per heavy atom. The lowest BCUT2D eigenvalue weighted by molar-refractivity contribution is -0.134. The summed E-state index contributed by atoms with van der Waals surface area (Å²) in [5, 5.41) is 0. The molecular formula is C20H20F2N2O4. The van der Waals surface area contributed by atoms with Crippen molar-refractivity contribution in [1.82, 2.24) is 9.80 Å². The second-order valence-electron chi connectivity index (χ2n) is 6.27. The van der Waals surface area contributed by atoms with E-state index in [1.54, 1.807) is 36.3 Å². The minimum absolute atomic E-state index is 0.0847. The van der Waals surface area contributed by atoms with Gasteiger partial charge in [0.1, 0.15) is 11.5 Å². The molecule has 0 atom stereocenters. The molecule has 1 heterocycles. The Morgan fingerprint density at radius 1 is 0.893 bits per heavy atom. The molecule has 1 aliphatic rings. The molecule has 0 aromatic heterocycles. The summed E-state index contributed by atoms with van der Waals surface area (Å²) in [5.74, 6) is -1.38. The Labute approximate surface area is 161 Å². The number of benzene rings is 2. The smallest absolute Gasteiger partial charge is 0.260 e. The van der Waals surface area contributed by atoms with Crippen LogP contribution in [-0.4, -0.2) is 61.5 Å². The monoisotopic (exact) mass is 390 g/mol. The van der Waals surface area contributed by atoms with Crippen molar-refractivity contribution in [2.45, 2.75) is 0 Å². The molecule has 0 spiro atoms. The molecular weight excluding hydrogens is 370 g/mol. The van der Waals surface area contributed by atoms with Crippen molar-refractivity contribution < 1.29 is 27.8 Å². The van der Waals surface area contributed by atoms with Crippen LogP contribution in [0.1, 0.15) is 10.4 Å². The van der Waals surface area contributed by atoms with Gasteiger partial charge in [0, 0.05) is 31.7 Å². The predicted octanol–water partition coefficient (Wildman–Crippen LogP) is 2.34. The van der Waals surface area contributed by atoms with Gasteiger partial charge in [-0.25, -0.2) is 8.78 Å². The third kappa shape index (κ3) is 4.57. The van der Waals surface area contributed by atoms with E-state index in [4.69, 9.17) is 9.47 Å². The van der Waals surface area contributed by atoms with Gasteiger partial charge in [-0.2, -0.15) is 0 Å². The highest BCUT2D eigenvalue weighted by molar-refractivity contribution is 5.94. The second-order valence-corrected chi connectivity index (χ2v) is 6.27. The molecule has 0 N–H and O–H groups in total. The molecule has 0 saturated carbocycles. The lowest BCUT2D eigenvalue weighted by atomic mass is 10.1. The van der Waals surface area contributed by atoms with Crippen LogP contribution >= 0.6 is 0 Å². The van der Waals surface area contributed by atoms with Gasteiger partial charge >= 0.3 is 0 Å². The third-order valence-corrected chi connectivity index (χ3v) is 4.51. The molecule has 0 unspecified atom stereocenters. The number of hydrogen-bond acceptors (Lipinski definition) is 4. The van der Waals surface area contributed by atoms with Crippen LogP contribution in [0.3, 0.4) is 0 Å². The van der Waals surface area contributed by atoms with Crippen molar-refractivity contribution in [3.63, 3.8) is 0 Å². The molecule has 1 saturated heterocycles. The van der Waals surface area contributed by atoms with E-state index >= 15 is 0 Å². The topological polar surface area (TPSA) is 59.1 Å². The third-order valence-electron chi connectivity index (χ3n) is 4.51. The van der Waals surface area contributed by atoms with Crippen LogP contribution in [-0.2, 0) is 4.79 Å². The maximum atomic E-state index is 13.3. The van der Waals surface area contributed by atoms with Gasteiger partial charge in [0.15, 0.2) is 18.2 Å². The van der Waals surface area contributed by atoms with E-state index in [0.29, 0.717) is 37.7 Å². The van der Waals surface area contributed by atoms with Gasteiger partial charge in [0.2, 0.25) is 0 Å². The first kappa shape index (κ1) is 19.6. The lowest BCUT2D eigenvalue weighted by Crippen LogP contribution is -2.51. The molecule has 6 nitrogen and oxygen atoms in total. The number of carbonyl (C=O) groups is 2. The second kappa shape index (κ2) is 8.69. The number of nitrogens with zero attached hydrogens (tertiary/aromatic N) is 2. The number of piperazine rings is 1. The Morgan fingerprint density at radius 3 is 2.11 bits per heavy atom. The average Bonchev–Trinajstić information content (AvgIpc) is 2.74. The molecule has 1 fully saturated rings. The van der Waals surface area contributed by atoms with Crippen LogP contribution in [0, 0.1) is 11.6 Å². The first-order valence-corrected chi connectivity index (χ1v) is 8.77. The molecule has 3 rings (SSSR count). The highest BCUT2D eigenvalue weighted by atomic mass is 19.2. The normalized spacial score (nSPS) is 14.0. The molecule has 0 bridgehead atoms. The van der Waals surface area contributed by atoms with Gasteiger partial charge in [-0.15, -0.1) is 0 Å². The summed E-state index contributed by atoms with van der Waals surface area (Å²) in [6.45, 7) is 1.21. The van der Waals surface area contributed by atoms with E-state index < -0.39 is 11.6 Å². The number of rotatable bonds is 5. The molecule has 0 aliphatic carbocycles. The summed E-state index contributed by atoms with van der Waals surface area (Å²) in [5.41, 5.74) is 0.0847. The summed E-state index contributed by atoms with van der Waals surface area (Å²) in [6.07, 6.45) is 0. The Bertz CT molecular complexity index is 850. The molecule has 8 heteroatoms. The van der Waals surface area contributed by atoms with Gasteiger partial charge in [-0.1, -0.05) is 0 Å². The Kier molecular flexibility index (Phi) is 6.08. The summed E-state index contributed by atoms with van der Waals surface area (Å²) in [6, 6.07) is 9.97. The van der Waals surface area contributed by atoms with Crippen LogP contribution in [0.15, 0.2) is 42.5 Å². The SMILES string of the molecule is COc1ccc(OCC(=O)N2CCN(C(=O)c3ccc(F)c(F)c3)CC2)cc1. The Hall–Kier alpha value is -3.16. The molecule has 2 aromatic rings. The fourth-order valence-corrected chi connectivity index (χ4v) is 2.88. The maximum Gasteiger partial charge on any atom is 0.260 e. The first-order valence-electron chi connectivity index (χ1n) is 8.77. The van der Waals surface area contributed by atoms with E-state index in [-0.39, 0.29) is 24.0 Å². The predicted molar refractivity (Wildman–Crippen MR) is 97.3 cm³/mol. The standard InChI is InChI=1S/C20H20F2N2O4/c1-27-15-3-5-16(6-4-15)28-13-19(25)23-8-10-24(11-9-23)20(26)14-2-7-17(21)18(22)12-14/h2-7,12H,8-11,13H2,1H3. The van der Waals surface area contributed by atoms with Crippen molar-refractivity contribution in [3.8, 4) is 11.5 Å². The molecule has 28 heavy (non-hydrogen) atoms. The van der Waals surface area contributed by atoms with E-state index in [0.717, 1.165) is 12.1 Å². The number of carbonyl (C=O) groups excluding carboxylic acids is 2. The largest absolute Gasteiger partial charge is 0.497 e.